The van der Waals surface area contributed by atoms with E-state index in [1.54, 1.807) is 12.1 Å². The van der Waals surface area contributed by atoms with Crippen molar-refractivity contribution in [3.63, 3.8) is 0 Å². The fraction of sp³-hybridized carbons (Fsp3) is 0.568. The summed E-state index contributed by atoms with van der Waals surface area (Å²) >= 11 is 13.5. The van der Waals surface area contributed by atoms with Gasteiger partial charge in [-0.1, -0.05) is 95.5 Å². The molecule has 0 amide bonds. The normalized spacial score (nSPS) is 18.4. The van der Waals surface area contributed by atoms with Crippen molar-refractivity contribution in [2.75, 3.05) is 31.1 Å². The van der Waals surface area contributed by atoms with Crippen molar-refractivity contribution in [2.45, 2.75) is 111 Å². The second-order valence-electron chi connectivity index (χ2n) is 12.0. The molecule has 0 heterocycles. The number of unbranched alkanes of at least 4 members (excludes halogenated alkanes) is 8. The number of ketones is 3. The van der Waals surface area contributed by atoms with E-state index in [9.17, 15) is 14.4 Å². The van der Waals surface area contributed by atoms with Crippen molar-refractivity contribution in [3.8, 4) is 0 Å². The summed E-state index contributed by atoms with van der Waals surface area (Å²) in [5.41, 5.74) is 2.49. The third kappa shape index (κ3) is 9.26. The Morgan fingerprint density at radius 3 is 1.82 bits per heavy atom. The van der Waals surface area contributed by atoms with Gasteiger partial charge < -0.3 is 4.90 Å². The Hall–Kier alpha value is -2.50. The monoisotopic (exact) mass is 641 g/mol. The van der Waals surface area contributed by atoms with E-state index in [2.05, 4.69) is 37.2 Å². The lowest BCUT2D eigenvalue weighted by atomic mass is 9.93. The Morgan fingerprint density at radius 2 is 1.30 bits per heavy atom. The zero-order chi connectivity index (χ0) is 32.1. The van der Waals surface area contributed by atoms with Crippen LogP contribution < -0.4 is 4.90 Å². The van der Waals surface area contributed by atoms with E-state index < -0.39 is 23.3 Å². The third-order valence-corrected chi connectivity index (χ3v) is 9.24. The van der Waals surface area contributed by atoms with E-state index in [1.807, 2.05) is 24.3 Å². The zero-order valence-electron chi connectivity index (χ0n) is 27.2. The van der Waals surface area contributed by atoms with Crippen molar-refractivity contribution < 1.29 is 19.0 Å². The molecule has 7 heteroatoms. The molecule has 0 saturated heterocycles. The van der Waals surface area contributed by atoms with E-state index in [-0.39, 0.29) is 5.57 Å². The van der Waals surface area contributed by atoms with Crippen LogP contribution in [0.5, 0.6) is 0 Å². The van der Waals surface area contributed by atoms with Gasteiger partial charge in [0.2, 0.25) is 17.3 Å². The number of allylic oxidation sites excluding steroid dienone is 6. The highest BCUT2D eigenvalue weighted by atomic mass is 35.5. The Labute approximate surface area is 275 Å². The molecule has 3 rings (SSSR count). The van der Waals surface area contributed by atoms with Crippen molar-refractivity contribution in [2.24, 2.45) is 0 Å². The van der Waals surface area contributed by atoms with Crippen LogP contribution >= 0.6 is 23.2 Å². The van der Waals surface area contributed by atoms with Crippen molar-refractivity contribution in [1.29, 1.82) is 0 Å². The van der Waals surface area contributed by atoms with Gasteiger partial charge in [0.25, 0.3) is 0 Å². The average molecular weight is 643 g/mol. The number of carbonyl (C=O) groups excluding carboxylic acids is 3. The van der Waals surface area contributed by atoms with Gasteiger partial charge >= 0.3 is 0 Å². The molecular weight excluding hydrogens is 591 g/mol. The molecule has 1 unspecified atom stereocenters. The molecule has 1 saturated carbocycles. The van der Waals surface area contributed by atoms with Crippen LogP contribution in [0.2, 0.25) is 5.02 Å². The smallest absolute Gasteiger partial charge is 0.233 e. The average Bonchev–Trinajstić information content (AvgIpc) is 3.22. The fourth-order valence-corrected chi connectivity index (χ4v) is 6.52. The molecule has 1 aromatic carbocycles. The van der Waals surface area contributed by atoms with Crippen LogP contribution in [0.1, 0.15) is 116 Å². The highest BCUT2D eigenvalue weighted by Crippen LogP contribution is 2.39. The minimum atomic E-state index is -1.25. The topological polar surface area (TPSA) is 57.5 Å². The molecule has 1 fully saturated rings. The van der Waals surface area contributed by atoms with Crippen LogP contribution in [0.25, 0.3) is 0 Å². The van der Waals surface area contributed by atoms with Gasteiger partial charge in [-0.15, -0.1) is 0 Å². The van der Waals surface area contributed by atoms with Crippen LogP contribution in [0.15, 0.2) is 52.6 Å². The molecule has 0 N–H and O–H groups in total. The van der Waals surface area contributed by atoms with Crippen LogP contribution in [0.3, 0.4) is 0 Å². The second-order valence-corrected chi connectivity index (χ2v) is 12.9. The first kappa shape index (κ1) is 36.0. The fourth-order valence-electron chi connectivity index (χ4n) is 5.97. The predicted molar refractivity (Wildman–Crippen MR) is 185 cm³/mol. The Bertz CT molecular complexity index is 1290. The maximum absolute atomic E-state index is 13.8. The number of rotatable bonds is 18. The largest absolute Gasteiger partial charge is 0.371 e. The van der Waals surface area contributed by atoms with Gasteiger partial charge in [-0.25, -0.2) is 4.58 Å². The Balaban J connectivity index is 1.90. The molecule has 44 heavy (non-hydrogen) atoms. The van der Waals surface area contributed by atoms with Crippen LogP contribution in [0, 0.1) is 0 Å². The van der Waals surface area contributed by atoms with E-state index >= 15 is 0 Å². The van der Waals surface area contributed by atoms with Gasteiger partial charge in [-0.3, -0.25) is 14.4 Å². The Morgan fingerprint density at radius 1 is 0.727 bits per heavy atom. The lowest BCUT2D eigenvalue weighted by Gasteiger charge is -2.26. The maximum Gasteiger partial charge on any atom is 0.233 e. The van der Waals surface area contributed by atoms with Gasteiger partial charge in [0.15, 0.2) is 5.78 Å². The summed E-state index contributed by atoms with van der Waals surface area (Å²) in [5, 5.41) is 0.635. The highest BCUT2D eigenvalue weighted by Gasteiger charge is 2.48. The number of anilines is 1. The van der Waals surface area contributed by atoms with Crippen molar-refractivity contribution >= 4 is 52.0 Å². The summed E-state index contributed by atoms with van der Waals surface area (Å²) in [7, 11) is 0. The first-order valence-corrected chi connectivity index (χ1v) is 17.6. The van der Waals surface area contributed by atoms with E-state index in [0.717, 1.165) is 115 Å². The minimum Gasteiger partial charge on any atom is -0.371 e. The minimum absolute atomic E-state index is 0.138. The van der Waals surface area contributed by atoms with Gasteiger partial charge in [-0.05, 0) is 49.5 Å². The summed E-state index contributed by atoms with van der Waals surface area (Å²) in [6.07, 6.45) is 19.0. The molecule has 0 spiro atoms. The van der Waals surface area contributed by atoms with E-state index in [4.69, 9.17) is 23.2 Å². The molecule has 240 valence electrons. The summed E-state index contributed by atoms with van der Waals surface area (Å²) in [5.74, 6) is -3.32. The van der Waals surface area contributed by atoms with E-state index in [1.165, 1.54) is 0 Å². The van der Waals surface area contributed by atoms with Gasteiger partial charge in [0.05, 0.1) is 10.6 Å². The summed E-state index contributed by atoms with van der Waals surface area (Å²) in [6.45, 7) is 12.4. The Kier molecular flexibility index (Phi) is 15.1. The maximum atomic E-state index is 13.8. The molecule has 5 nitrogen and oxygen atoms in total. The summed E-state index contributed by atoms with van der Waals surface area (Å²) in [4.78, 5) is 42.6. The molecule has 2 aliphatic rings. The molecule has 0 aliphatic heterocycles. The molecule has 0 bridgehead atoms. The lowest BCUT2D eigenvalue weighted by molar-refractivity contribution is -0.527. The molecule has 0 radical (unpaired) electrons. The van der Waals surface area contributed by atoms with Crippen LogP contribution in [-0.4, -0.2) is 53.8 Å². The van der Waals surface area contributed by atoms with Gasteiger partial charge in [-0.2, -0.15) is 0 Å². The number of benzene rings is 1. The SMILES string of the molecule is CCCCCN(CCCCC)c1ccc(C2C(=O)C(=O)/C(=C3/C=CC(=[N+](CCCCC)CCCCC)C=C3Cl)C2=O)c(Cl)c1. The molecular formula is C37H51Cl2N2O3+. The lowest BCUT2D eigenvalue weighted by Crippen LogP contribution is -2.26. The third-order valence-electron chi connectivity index (χ3n) is 8.60. The number of halogens is 2. The van der Waals surface area contributed by atoms with Crippen LogP contribution in [-0.2, 0) is 14.4 Å². The number of carbonyl (C=O) groups is 3. The number of hydrogen-bond acceptors (Lipinski definition) is 4. The second kappa shape index (κ2) is 18.5. The molecule has 1 atom stereocenters. The van der Waals surface area contributed by atoms with Crippen molar-refractivity contribution in [1.82, 2.24) is 0 Å². The zero-order valence-corrected chi connectivity index (χ0v) is 28.7. The molecule has 0 aromatic heterocycles. The van der Waals surface area contributed by atoms with Gasteiger partial charge in [0, 0.05) is 54.4 Å². The number of Topliss-reactive ketones (excluding diaryl/α,β-unsaturated/α-hetero) is 3. The molecule has 1 aromatic rings. The number of nitrogens with zero attached hydrogens (tertiary/aromatic N) is 2. The first-order chi connectivity index (χ1) is 21.3. The number of hydrogen-bond donors (Lipinski definition) is 0. The summed E-state index contributed by atoms with van der Waals surface area (Å²) < 4.78 is 2.33. The molecule has 2 aliphatic carbocycles. The predicted octanol–water partition coefficient (Wildman–Crippen LogP) is 9.15. The van der Waals surface area contributed by atoms with E-state index in [0.29, 0.717) is 21.2 Å². The van der Waals surface area contributed by atoms with Crippen LogP contribution in [0.4, 0.5) is 5.69 Å². The van der Waals surface area contributed by atoms with Crippen molar-refractivity contribution in [3.05, 3.63) is 63.2 Å². The quantitative estimate of drug-likeness (QED) is 0.0400. The summed E-state index contributed by atoms with van der Waals surface area (Å²) in [6, 6.07) is 5.51. The standard InChI is InChI=1S/C37H51Cl2N2O3/c1-5-9-13-21-40(22-14-10-6-2)27-17-19-29(31(38)25-27)33-35(42)34(37(44)36(33)43)30-20-18-28(26-32(30)39)41(23-15-11-7-3)24-16-12-8-4/h17-20,25-26,33H,5-16,21-24H2,1-4H3/q+1/b34-30-. The first-order valence-electron chi connectivity index (χ1n) is 16.9. The highest BCUT2D eigenvalue weighted by molar-refractivity contribution is 6.62. The van der Waals surface area contributed by atoms with Gasteiger partial charge in [0.1, 0.15) is 19.0 Å².